The van der Waals surface area contributed by atoms with Crippen molar-refractivity contribution in [2.24, 2.45) is 7.05 Å². The Kier molecular flexibility index (Phi) is 4.33. The van der Waals surface area contributed by atoms with E-state index in [0.29, 0.717) is 5.88 Å². The monoisotopic (exact) mass is 269 g/mol. The first-order valence-electron chi connectivity index (χ1n) is 5.18. The standard InChI is InChI=1S/C10H12ClN5S/c1-16-9(8-3-5-12-13-7-8)14-15-10(16)17-6-2-4-11/h3,5,7H,2,4,6H2,1H3. The Morgan fingerprint density at radius 1 is 1.35 bits per heavy atom. The topological polar surface area (TPSA) is 56.5 Å². The van der Waals surface area contributed by atoms with Gasteiger partial charge < -0.3 is 4.57 Å². The van der Waals surface area contributed by atoms with Crippen molar-refractivity contribution in [3.05, 3.63) is 18.5 Å². The fraction of sp³-hybridized carbons (Fsp3) is 0.400. The predicted molar refractivity (Wildman–Crippen MR) is 68.1 cm³/mol. The highest BCUT2D eigenvalue weighted by Crippen LogP contribution is 2.21. The van der Waals surface area contributed by atoms with Crippen molar-refractivity contribution in [2.45, 2.75) is 11.6 Å². The molecule has 2 aromatic heterocycles. The van der Waals surface area contributed by atoms with Crippen molar-refractivity contribution < 1.29 is 0 Å². The van der Waals surface area contributed by atoms with Gasteiger partial charge in [-0.05, 0) is 12.5 Å². The first kappa shape index (κ1) is 12.3. The van der Waals surface area contributed by atoms with Gasteiger partial charge in [-0.25, -0.2) is 0 Å². The van der Waals surface area contributed by atoms with Crippen LogP contribution in [0.2, 0.25) is 0 Å². The lowest BCUT2D eigenvalue weighted by Gasteiger charge is -2.02. The minimum Gasteiger partial charge on any atom is -0.305 e. The van der Waals surface area contributed by atoms with Crippen LogP contribution in [-0.4, -0.2) is 36.6 Å². The average Bonchev–Trinajstić information content (AvgIpc) is 2.73. The van der Waals surface area contributed by atoms with Crippen LogP contribution in [0.3, 0.4) is 0 Å². The van der Waals surface area contributed by atoms with Crippen molar-refractivity contribution in [3.8, 4) is 11.4 Å². The van der Waals surface area contributed by atoms with Crippen molar-refractivity contribution in [1.82, 2.24) is 25.0 Å². The molecule has 7 heteroatoms. The fourth-order valence-electron chi connectivity index (χ4n) is 1.33. The molecule has 2 rings (SSSR count). The number of thioether (sulfide) groups is 1. The minimum absolute atomic E-state index is 0.673. The van der Waals surface area contributed by atoms with Crippen molar-refractivity contribution in [1.29, 1.82) is 0 Å². The molecule has 0 atom stereocenters. The third-order valence-electron chi connectivity index (χ3n) is 2.19. The van der Waals surface area contributed by atoms with Crippen molar-refractivity contribution >= 4 is 23.4 Å². The maximum absolute atomic E-state index is 5.64. The molecule has 0 N–H and O–H groups in total. The summed E-state index contributed by atoms with van der Waals surface area (Å²) in [7, 11) is 1.94. The largest absolute Gasteiger partial charge is 0.305 e. The highest BCUT2D eigenvalue weighted by Gasteiger charge is 2.10. The minimum atomic E-state index is 0.673. The van der Waals surface area contributed by atoms with Crippen LogP contribution >= 0.6 is 23.4 Å². The number of hydrogen-bond donors (Lipinski definition) is 0. The molecule has 0 saturated carbocycles. The second kappa shape index (κ2) is 5.97. The normalized spacial score (nSPS) is 10.7. The second-order valence-corrected chi connectivity index (χ2v) is 4.83. The first-order chi connectivity index (χ1) is 8.33. The van der Waals surface area contributed by atoms with Crippen LogP contribution in [0.25, 0.3) is 11.4 Å². The van der Waals surface area contributed by atoms with E-state index in [0.717, 1.165) is 28.7 Å². The van der Waals surface area contributed by atoms with Crippen LogP contribution < -0.4 is 0 Å². The van der Waals surface area contributed by atoms with Gasteiger partial charge in [0.25, 0.3) is 0 Å². The maximum Gasteiger partial charge on any atom is 0.191 e. The average molecular weight is 270 g/mol. The summed E-state index contributed by atoms with van der Waals surface area (Å²) < 4.78 is 1.95. The highest BCUT2D eigenvalue weighted by molar-refractivity contribution is 7.99. The second-order valence-electron chi connectivity index (χ2n) is 3.39. The predicted octanol–water partition coefficient (Wildman–Crippen LogP) is 1.99. The van der Waals surface area contributed by atoms with E-state index in [1.54, 1.807) is 24.2 Å². The van der Waals surface area contributed by atoms with E-state index in [1.165, 1.54) is 0 Å². The Hall–Kier alpha value is -1.14. The number of rotatable bonds is 5. The molecule has 2 aromatic rings. The molecule has 0 amide bonds. The van der Waals surface area contributed by atoms with Crippen LogP contribution in [0, 0.1) is 0 Å². The first-order valence-corrected chi connectivity index (χ1v) is 6.70. The molecule has 0 spiro atoms. The molecule has 0 aliphatic rings. The molecule has 0 saturated heterocycles. The third kappa shape index (κ3) is 2.95. The van der Waals surface area contributed by atoms with Crippen LogP contribution in [0.1, 0.15) is 6.42 Å². The zero-order chi connectivity index (χ0) is 12.1. The van der Waals surface area contributed by atoms with Gasteiger partial charge in [-0.2, -0.15) is 10.2 Å². The summed E-state index contributed by atoms with van der Waals surface area (Å²) in [6.07, 6.45) is 4.28. The number of nitrogens with zero attached hydrogens (tertiary/aromatic N) is 5. The molecule has 0 aromatic carbocycles. The van der Waals surface area contributed by atoms with Crippen molar-refractivity contribution in [3.63, 3.8) is 0 Å². The lowest BCUT2D eigenvalue weighted by atomic mass is 10.3. The quantitative estimate of drug-likeness (QED) is 0.472. The summed E-state index contributed by atoms with van der Waals surface area (Å²) >= 11 is 7.29. The Morgan fingerprint density at radius 2 is 2.24 bits per heavy atom. The highest BCUT2D eigenvalue weighted by atomic mass is 35.5. The van der Waals surface area contributed by atoms with Gasteiger partial charge in [-0.1, -0.05) is 11.8 Å². The smallest absolute Gasteiger partial charge is 0.191 e. The van der Waals surface area contributed by atoms with Gasteiger partial charge in [-0.15, -0.1) is 21.8 Å². The summed E-state index contributed by atoms with van der Waals surface area (Å²) in [6, 6.07) is 1.87. The Bertz CT molecular complexity index is 473. The van der Waals surface area contributed by atoms with E-state index in [9.17, 15) is 0 Å². The summed E-state index contributed by atoms with van der Waals surface area (Å²) in [5.41, 5.74) is 0.916. The fourth-order valence-corrected chi connectivity index (χ4v) is 2.47. The van der Waals surface area contributed by atoms with E-state index in [4.69, 9.17) is 11.6 Å². The Labute approximate surface area is 109 Å². The number of alkyl halides is 1. The molecule has 2 heterocycles. The van der Waals surface area contributed by atoms with Gasteiger partial charge in [0.05, 0.1) is 12.4 Å². The molecule has 0 fully saturated rings. The number of hydrogen-bond acceptors (Lipinski definition) is 5. The van der Waals surface area contributed by atoms with Gasteiger partial charge in [0.1, 0.15) is 0 Å². The third-order valence-corrected chi connectivity index (χ3v) is 3.56. The van der Waals surface area contributed by atoms with Gasteiger partial charge in [0.15, 0.2) is 11.0 Å². The van der Waals surface area contributed by atoms with E-state index >= 15 is 0 Å². The van der Waals surface area contributed by atoms with E-state index in [1.807, 2.05) is 17.7 Å². The molecule has 0 bridgehead atoms. The SMILES string of the molecule is Cn1c(SCCCCl)nnc1-c1ccnnc1. The summed E-state index contributed by atoms with van der Waals surface area (Å²) in [5, 5.41) is 16.8. The Morgan fingerprint density at radius 3 is 2.94 bits per heavy atom. The van der Waals surface area contributed by atoms with E-state index in [2.05, 4.69) is 20.4 Å². The molecule has 0 unspecified atom stereocenters. The molecular formula is C10H12ClN5S. The lowest BCUT2D eigenvalue weighted by Crippen LogP contribution is -1.96. The summed E-state index contributed by atoms with van der Waals surface area (Å²) in [4.78, 5) is 0. The zero-order valence-electron chi connectivity index (χ0n) is 9.38. The number of halogens is 1. The molecule has 5 nitrogen and oxygen atoms in total. The zero-order valence-corrected chi connectivity index (χ0v) is 10.9. The van der Waals surface area contributed by atoms with Crippen LogP contribution in [0.4, 0.5) is 0 Å². The maximum atomic E-state index is 5.64. The van der Waals surface area contributed by atoms with E-state index in [-0.39, 0.29) is 0 Å². The molecule has 17 heavy (non-hydrogen) atoms. The van der Waals surface area contributed by atoms with Crippen LogP contribution in [-0.2, 0) is 7.05 Å². The van der Waals surface area contributed by atoms with Gasteiger partial charge in [0.2, 0.25) is 0 Å². The van der Waals surface area contributed by atoms with Crippen molar-refractivity contribution in [2.75, 3.05) is 11.6 Å². The lowest BCUT2D eigenvalue weighted by molar-refractivity contribution is 0.792. The molecular weight excluding hydrogens is 258 g/mol. The Balaban J connectivity index is 2.15. The van der Waals surface area contributed by atoms with E-state index < -0.39 is 0 Å². The molecule has 0 aliphatic heterocycles. The van der Waals surface area contributed by atoms with Crippen LogP contribution in [0.5, 0.6) is 0 Å². The molecule has 90 valence electrons. The van der Waals surface area contributed by atoms with Gasteiger partial charge in [-0.3, -0.25) is 0 Å². The molecule has 0 aliphatic carbocycles. The summed E-state index contributed by atoms with van der Waals surface area (Å²) in [6.45, 7) is 0. The molecule has 0 radical (unpaired) electrons. The number of aromatic nitrogens is 5. The van der Waals surface area contributed by atoms with Gasteiger partial charge >= 0.3 is 0 Å². The van der Waals surface area contributed by atoms with Gasteiger partial charge in [0, 0.05) is 24.2 Å². The van der Waals surface area contributed by atoms with Crippen LogP contribution in [0.15, 0.2) is 23.6 Å². The summed E-state index contributed by atoms with van der Waals surface area (Å²) in [5.74, 6) is 2.42.